The number of carbonyl (C=O) groups is 1. The quantitative estimate of drug-likeness (QED) is 0.144. The lowest BCUT2D eigenvalue weighted by Gasteiger charge is -2.49. The highest BCUT2D eigenvalue weighted by Crippen LogP contribution is 2.45. The number of aryl methyl sites for hydroxylation is 1. The van der Waals surface area contributed by atoms with Gasteiger partial charge in [0.25, 0.3) is 0 Å². The van der Waals surface area contributed by atoms with E-state index in [1.165, 1.54) is 13.2 Å². The number of pyridine rings is 1. The average Bonchev–Trinajstić information content (AvgIpc) is 3.77. The van der Waals surface area contributed by atoms with E-state index in [4.69, 9.17) is 33.7 Å². The minimum Gasteiger partial charge on any atom is -0.468 e. The number of fused-ring (bicyclic) bond motifs is 5. The molecule has 2 aromatic carbocycles. The molecule has 4 aromatic rings. The maximum absolute atomic E-state index is 17.5. The lowest BCUT2D eigenvalue weighted by molar-refractivity contribution is -0.0261. The molecule has 0 unspecified atom stereocenters. The van der Waals surface area contributed by atoms with Gasteiger partial charge in [-0.15, -0.1) is 0 Å². The second kappa shape index (κ2) is 15.0. The summed E-state index contributed by atoms with van der Waals surface area (Å²) in [6.07, 6.45) is 3.93. The van der Waals surface area contributed by atoms with Gasteiger partial charge >= 0.3 is 12.1 Å². The predicted molar refractivity (Wildman–Crippen MR) is 209 cm³/mol. The number of piperazine rings is 1. The minimum atomic E-state index is -0.960. The molecular weight excluding hydrogens is 741 g/mol. The molecule has 4 saturated heterocycles. The molecule has 8 rings (SSSR count). The third-order valence-corrected chi connectivity index (χ3v) is 12.0. The molecule has 0 aliphatic carbocycles. The molecule has 1 amide bonds. The van der Waals surface area contributed by atoms with Crippen LogP contribution in [0.1, 0.15) is 65.4 Å². The molecule has 0 spiro atoms. The van der Waals surface area contributed by atoms with Crippen molar-refractivity contribution in [1.29, 1.82) is 0 Å². The van der Waals surface area contributed by atoms with Crippen LogP contribution < -0.4 is 14.4 Å². The first-order chi connectivity index (χ1) is 27.3. The van der Waals surface area contributed by atoms with E-state index < -0.39 is 40.6 Å². The number of hydrogen-bond acceptors (Lipinski definition) is 11. The smallest absolute Gasteiger partial charge is 0.411 e. The van der Waals surface area contributed by atoms with Crippen molar-refractivity contribution in [2.75, 3.05) is 65.3 Å². The molecule has 4 aliphatic rings. The lowest BCUT2D eigenvalue weighted by atomic mass is 9.94. The van der Waals surface area contributed by atoms with Crippen LogP contribution in [0.3, 0.4) is 0 Å². The van der Waals surface area contributed by atoms with Gasteiger partial charge in [-0.2, -0.15) is 9.97 Å². The average molecular weight is 793 g/mol. The summed E-state index contributed by atoms with van der Waals surface area (Å²) in [5.41, 5.74) is -1.28. The normalized spacial score (nSPS) is 24.8. The van der Waals surface area contributed by atoms with E-state index in [0.717, 1.165) is 19.4 Å². The van der Waals surface area contributed by atoms with Crippen LogP contribution in [0.15, 0.2) is 30.5 Å². The number of rotatable bonds is 11. The van der Waals surface area contributed by atoms with E-state index in [2.05, 4.69) is 9.88 Å². The van der Waals surface area contributed by atoms with Crippen molar-refractivity contribution in [3.05, 3.63) is 47.7 Å². The Morgan fingerprint density at radius 2 is 1.84 bits per heavy atom. The highest BCUT2D eigenvalue weighted by molar-refractivity contribution is 6.02. The molecule has 12 nitrogen and oxygen atoms in total. The third kappa shape index (κ3) is 7.09. The Balaban J connectivity index is 1.27. The molecule has 4 atom stereocenters. The molecule has 2 bridgehead atoms. The van der Waals surface area contributed by atoms with Crippen LogP contribution in [0.25, 0.3) is 32.9 Å². The Kier molecular flexibility index (Phi) is 10.4. The first kappa shape index (κ1) is 39.4. The van der Waals surface area contributed by atoms with Gasteiger partial charge in [0, 0.05) is 52.0 Å². The number of amides is 1. The lowest BCUT2D eigenvalue weighted by Crippen LogP contribution is -2.66. The number of alkyl halides is 1. The molecular formula is C42H51F3N6O6. The van der Waals surface area contributed by atoms with Crippen molar-refractivity contribution in [3.63, 3.8) is 0 Å². The Bertz CT molecular complexity index is 2180. The van der Waals surface area contributed by atoms with Crippen LogP contribution in [0.2, 0.25) is 0 Å². The van der Waals surface area contributed by atoms with Gasteiger partial charge in [-0.3, -0.25) is 14.8 Å². The Hall–Kier alpha value is -4.47. The molecule has 4 aliphatic heterocycles. The van der Waals surface area contributed by atoms with Crippen molar-refractivity contribution < 1.29 is 41.7 Å². The Morgan fingerprint density at radius 1 is 1.02 bits per heavy atom. The van der Waals surface area contributed by atoms with Gasteiger partial charge < -0.3 is 28.6 Å². The summed E-state index contributed by atoms with van der Waals surface area (Å²) in [6, 6.07) is 6.13. The molecule has 0 saturated carbocycles. The molecule has 6 heterocycles. The van der Waals surface area contributed by atoms with Crippen molar-refractivity contribution in [2.24, 2.45) is 0 Å². The molecule has 306 valence electrons. The minimum absolute atomic E-state index is 0.0379. The summed E-state index contributed by atoms with van der Waals surface area (Å²) >= 11 is 0. The van der Waals surface area contributed by atoms with Crippen LogP contribution in [-0.2, 0) is 20.6 Å². The van der Waals surface area contributed by atoms with Crippen LogP contribution in [0, 0.1) is 11.6 Å². The zero-order valence-corrected chi connectivity index (χ0v) is 33.5. The molecule has 15 heteroatoms. The summed E-state index contributed by atoms with van der Waals surface area (Å²) in [6.45, 7) is 9.52. The van der Waals surface area contributed by atoms with Gasteiger partial charge in [-0.05, 0) is 94.0 Å². The van der Waals surface area contributed by atoms with Gasteiger partial charge in [0.15, 0.2) is 12.6 Å². The monoisotopic (exact) mass is 792 g/mol. The summed E-state index contributed by atoms with van der Waals surface area (Å²) in [7, 11) is 3.10. The van der Waals surface area contributed by atoms with Crippen molar-refractivity contribution in [1.82, 2.24) is 24.8 Å². The van der Waals surface area contributed by atoms with E-state index in [1.807, 2.05) is 37.5 Å². The fraction of sp³-hybridized carbons (Fsp3) is 0.571. The van der Waals surface area contributed by atoms with E-state index in [0.29, 0.717) is 84.2 Å². The molecule has 57 heavy (non-hydrogen) atoms. The molecule has 2 aromatic heterocycles. The van der Waals surface area contributed by atoms with Crippen LogP contribution in [0.5, 0.6) is 11.8 Å². The maximum Gasteiger partial charge on any atom is 0.411 e. The Labute approximate surface area is 330 Å². The van der Waals surface area contributed by atoms with Crippen LogP contribution in [0.4, 0.5) is 23.8 Å². The first-order valence-corrected chi connectivity index (χ1v) is 19.8. The van der Waals surface area contributed by atoms with E-state index in [1.54, 1.807) is 31.5 Å². The number of hydrogen-bond donors (Lipinski definition) is 0. The summed E-state index contributed by atoms with van der Waals surface area (Å²) in [4.78, 5) is 34.0. The van der Waals surface area contributed by atoms with Crippen molar-refractivity contribution >= 4 is 33.6 Å². The van der Waals surface area contributed by atoms with Gasteiger partial charge in [-0.1, -0.05) is 13.0 Å². The first-order valence-electron chi connectivity index (χ1n) is 19.8. The summed E-state index contributed by atoms with van der Waals surface area (Å²) in [5, 5.41) is 1.50. The SMILES string of the molecule is CCc1c(F)ccc2cc(OCOC)cc(-c3ncc4c(N5C[C@@H]6CC[C@](COC)(C5)N6C(=O)OC(C)(C)C)nc(OC[C@@]56CCCN5C[C@H](F)C6)nc4c3F)c12. The number of benzene rings is 2. The second-order valence-corrected chi connectivity index (χ2v) is 17.0. The number of halogens is 3. The summed E-state index contributed by atoms with van der Waals surface area (Å²) in [5.74, 6) is -0.371. The van der Waals surface area contributed by atoms with Crippen molar-refractivity contribution in [3.8, 4) is 23.0 Å². The highest BCUT2D eigenvalue weighted by atomic mass is 19.1. The Morgan fingerprint density at radius 3 is 2.60 bits per heavy atom. The number of ether oxygens (including phenoxy) is 5. The fourth-order valence-corrected chi connectivity index (χ4v) is 9.74. The van der Waals surface area contributed by atoms with E-state index >= 15 is 8.78 Å². The number of methoxy groups -OCH3 is 2. The predicted octanol–water partition coefficient (Wildman–Crippen LogP) is 7.23. The van der Waals surface area contributed by atoms with Gasteiger partial charge in [0.1, 0.15) is 47.0 Å². The van der Waals surface area contributed by atoms with Crippen LogP contribution in [-0.4, -0.2) is 120 Å². The van der Waals surface area contributed by atoms with Crippen LogP contribution >= 0.6 is 0 Å². The molecule has 0 N–H and O–H groups in total. The molecule has 0 radical (unpaired) electrons. The maximum atomic E-state index is 17.5. The van der Waals surface area contributed by atoms with E-state index in [9.17, 15) is 9.18 Å². The zero-order valence-electron chi connectivity index (χ0n) is 33.5. The number of carbonyl (C=O) groups excluding carboxylic acids is 1. The third-order valence-electron chi connectivity index (χ3n) is 12.0. The highest BCUT2D eigenvalue weighted by Gasteiger charge is 2.55. The topological polar surface area (TPSA) is 112 Å². The van der Waals surface area contributed by atoms with Gasteiger partial charge in [0.2, 0.25) is 0 Å². The van der Waals surface area contributed by atoms with Crippen molar-refractivity contribution in [2.45, 2.75) is 95.1 Å². The largest absolute Gasteiger partial charge is 0.468 e. The number of aromatic nitrogens is 3. The zero-order chi connectivity index (χ0) is 40.3. The van der Waals surface area contributed by atoms with E-state index in [-0.39, 0.29) is 43.3 Å². The second-order valence-electron chi connectivity index (χ2n) is 17.0. The van der Waals surface area contributed by atoms with Gasteiger partial charge in [-0.25, -0.2) is 18.0 Å². The summed E-state index contributed by atoms with van der Waals surface area (Å²) < 4.78 is 76.6. The van der Waals surface area contributed by atoms with Gasteiger partial charge in [0.05, 0.1) is 29.1 Å². The number of anilines is 1. The molecule has 4 fully saturated rings. The number of nitrogens with zero attached hydrogens (tertiary/aromatic N) is 6. The fourth-order valence-electron chi connectivity index (χ4n) is 9.74. The standard InChI is InChI=1S/C42H51F3N6O6/c1-7-29-32(44)10-9-25-15-28(56-24-54-6)16-30(33(25)29)35-34(45)36-31(18-46-35)37(48-38(47-36)55-23-41-12-8-14-50(41)19-26(43)17-41)49-20-27-11-13-42(21-49,22-53-5)51(27)39(52)57-40(2,3)4/h9-10,15-16,18,26-27H,7-8,11-14,17,19-24H2,1-6H3/t26-,27+,41+,42-/m1/s1.